The smallest absolute Gasteiger partial charge is 0.118 e. The van der Waals surface area contributed by atoms with Gasteiger partial charge in [0, 0.05) is 6.04 Å². The molecule has 1 rings (SSSR count). The molecule has 0 saturated carbocycles. The summed E-state index contributed by atoms with van der Waals surface area (Å²) in [7, 11) is 1.71. The molecule has 0 heterocycles. The molecule has 0 bridgehead atoms. The van der Waals surface area contributed by atoms with E-state index in [1.54, 1.807) is 7.11 Å². The Morgan fingerprint density at radius 1 is 1.15 bits per heavy atom. The number of rotatable bonds is 8. The molecule has 0 spiro atoms. The minimum Gasteiger partial charge on any atom is -0.497 e. The molecule has 2 nitrogen and oxygen atoms in total. The first-order valence-electron chi connectivity index (χ1n) is 7.81. The van der Waals surface area contributed by atoms with Gasteiger partial charge in [-0.3, -0.25) is 0 Å². The van der Waals surface area contributed by atoms with Gasteiger partial charge in [-0.2, -0.15) is 0 Å². The van der Waals surface area contributed by atoms with Crippen molar-refractivity contribution in [3.63, 3.8) is 0 Å². The van der Waals surface area contributed by atoms with Crippen LogP contribution in [-0.4, -0.2) is 19.7 Å². The molecule has 0 saturated heterocycles. The lowest BCUT2D eigenvalue weighted by atomic mass is 9.86. The third-order valence-electron chi connectivity index (χ3n) is 3.48. The molecular formula is C18H31NO. The second-order valence-corrected chi connectivity index (χ2v) is 6.80. The van der Waals surface area contributed by atoms with Crippen LogP contribution in [0.3, 0.4) is 0 Å². The third-order valence-corrected chi connectivity index (χ3v) is 3.48. The molecule has 114 valence electrons. The van der Waals surface area contributed by atoms with E-state index in [0.29, 0.717) is 11.5 Å². The van der Waals surface area contributed by atoms with Crippen molar-refractivity contribution < 1.29 is 4.74 Å². The molecule has 0 aliphatic heterocycles. The fourth-order valence-electron chi connectivity index (χ4n) is 2.50. The van der Waals surface area contributed by atoms with Gasteiger partial charge >= 0.3 is 0 Å². The topological polar surface area (TPSA) is 21.3 Å². The summed E-state index contributed by atoms with van der Waals surface area (Å²) in [4.78, 5) is 0. The second-order valence-electron chi connectivity index (χ2n) is 6.80. The quantitative estimate of drug-likeness (QED) is 0.759. The van der Waals surface area contributed by atoms with Crippen molar-refractivity contribution in [3.05, 3.63) is 29.8 Å². The number of methoxy groups -OCH3 is 1. The molecule has 0 amide bonds. The lowest BCUT2D eigenvalue weighted by molar-refractivity contribution is 0.298. The monoisotopic (exact) mass is 277 g/mol. The summed E-state index contributed by atoms with van der Waals surface area (Å²) < 4.78 is 5.20. The standard InChI is InChI=1S/C18H31NO/c1-6-13-19-16(14-18(2,3)4)10-7-15-8-11-17(20-5)12-9-15/h8-9,11-12,16,19H,6-7,10,13-14H2,1-5H3. The molecule has 0 aromatic heterocycles. The van der Waals surface area contributed by atoms with Gasteiger partial charge in [0.15, 0.2) is 0 Å². The van der Waals surface area contributed by atoms with Crippen molar-refractivity contribution in [1.29, 1.82) is 0 Å². The van der Waals surface area contributed by atoms with Gasteiger partial charge in [-0.1, -0.05) is 39.8 Å². The van der Waals surface area contributed by atoms with Crippen LogP contribution in [0.15, 0.2) is 24.3 Å². The molecule has 1 N–H and O–H groups in total. The predicted molar refractivity (Wildman–Crippen MR) is 87.5 cm³/mol. The molecule has 0 aliphatic rings. The first-order chi connectivity index (χ1) is 9.44. The first kappa shape index (κ1) is 17.0. The van der Waals surface area contributed by atoms with Crippen LogP contribution >= 0.6 is 0 Å². The number of benzene rings is 1. The van der Waals surface area contributed by atoms with Gasteiger partial charge in [0.25, 0.3) is 0 Å². The van der Waals surface area contributed by atoms with Crippen molar-refractivity contribution in [2.45, 2.75) is 59.4 Å². The first-order valence-corrected chi connectivity index (χ1v) is 7.81. The zero-order chi connectivity index (χ0) is 15.0. The average Bonchev–Trinajstić information content (AvgIpc) is 2.41. The van der Waals surface area contributed by atoms with E-state index in [1.165, 1.54) is 24.8 Å². The van der Waals surface area contributed by atoms with Gasteiger partial charge in [0.05, 0.1) is 7.11 Å². The number of nitrogens with one attached hydrogen (secondary N) is 1. The van der Waals surface area contributed by atoms with Crippen molar-refractivity contribution in [2.24, 2.45) is 5.41 Å². The zero-order valence-corrected chi connectivity index (χ0v) is 13.8. The van der Waals surface area contributed by atoms with Gasteiger partial charge in [-0.05, 0) is 55.3 Å². The number of ether oxygens (including phenoxy) is 1. The van der Waals surface area contributed by atoms with Gasteiger partial charge in [0.2, 0.25) is 0 Å². The van der Waals surface area contributed by atoms with Crippen LogP contribution in [0.2, 0.25) is 0 Å². The van der Waals surface area contributed by atoms with E-state index in [-0.39, 0.29) is 0 Å². The van der Waals surface area contributed by atoms with Crippen molar-refractivity contribution in [2.75, 3.05) is 13.7 Å². The van der Waals surface area contributed by atoms with Crippen molar-refractivity contribution in [1.82, 2.24) is 5.32 Å². The zero-order valence-electron chi connectivity index (χ0n) is 13.8. The SMILES string of the molecule is CCCNC(CCc1ccc(OC)cc1)CC(C)(C)C. The van der Waals surface area contributed by atoms with E-state index in [2.05, 4.69) is 45.1 Å². The Morgan fingerprint density at radius 3 is 2.30 bits per heavy atom. The van der Waals surface area contributed by atoms with Gasteiger partial charge in [-0.15, -0.1) is 0 Å². The fraction of sp³-hybridized carbons (Fsp3) is 0.667. The maximum Gasteiger partial charge on any atom is 0.118 e. The number of aryl methyl sites for hydroxylation is 1. The second kappa shape index (κ2) is 8.31. The molecule has 2 heteroatoms. The Balaban J connectivity index is 2.51. The molecular weight excluding hydrogens is 246 g/mol. The third kappa shape index (κ3) is 6.95. The molecule has 1 aromatic carbocycles. The van der Waals surface area contributed by atoms with Gasteiger partial charge in [0.1, 0.15) is 5.75 Å². The molecule has 0 aliphatic carbocycles. The summed E-state index contributed by atoms with van der Waals surface area (Å²) in [6.45, 7) is 10.3. The Hall–Kier alpha value is -1.02. The molecule has 0 radical (unpaired) electrons. The summed E-state index contributed by atoms with van der Waals surface area (Å²) in [6, 6.07) is 9.05. The average molecular weight is 277 g/mol. The summed E-state index contributed by atoms with van der Waals surface area (Å²) in [5.74, 6) is 0.934. The van der Waals surface area contributed by atoms with Crippen LogP contribution in [0.4, 0.5) is 0 Å². The molecule has 20 heavy (non-hydrogen) atoms. The highest BCUT2D eigenvalue weighted by Gasteiger charge is 2.18. The number of hydrogen-bond donors (Lipinski definition) is 1. The van der Waals surface area contributed by atoms with Crippen LogP contribution in [0.1, 0.15) is 52.5 Å². The normalized spacial score (nSPS) is 13.2. The summed E-state index contributed by atoms with van der Waals surface area (Å²) >= 11 is 0. The highest BCUT2D eigenvalue weighted by atomic mass is 16.5. The largest absolute Gasteiger partial charge is 0.497 e. The van der Waals surface area contributed by atoms with Crippen molar-refractivity contribution >= 4 is 0 Å². The highest BCUT2D eigenvalue weighted by molar-refractivity contribution is 5.27. The molecule has 1 aromatic rings. The molecule has 0 fully saturated rings. The summed E-state index contributed by atoms with van der Waals surface area (Å²) in [5.41, 5.74) is 1.77. The Kier molecular flexibility index (Phi) is 7.08. The van der Waals surface area contributed by atoms with Crippen LogP contribution in [-0.2, 0) is 6.42 Å². The van der Waals surface area contributed by atoms with Gasteiger partial charge in [-0.25, -0.2) is 0 Å². The van der Waals surface area contributed by atoms with Crippen LogP contribution in [0, 0.1) is 5.41 Å². The molecule has 1 atom stereocenters. The Bertz CT molecular complexity index is 364. The fourth-order valence-corrected chi connectivity index (χ4v) is 2.50. The van der Waals surface area contributed by atoms with Crippen LogP contribution in [0.5, 0.6) is 5.75 Å². The summed E-state index contributed by atoms with van der Waals surface area (Å²) in [5, 5.41) is 3.69. The van der Waals surface area contributed by atoms with Crippen molar-refractivity contribution in [3.8, 4) is 5.75 Å². The Morgan fingerprint density at radius 2 is 1.80 bits per heavy atom. The lowest BCUT2D eigenvalue weighted by Crippen LogP contribution is -2.34. The van der Waals surface area contributed by atoms with Crippen LogP contribution < -0.4 is 10.1 Å². The Labute approximate surface area is 124 Å². The van der Waals surface area contributed by atoms with E-state index in [1.807, 2.05) is 12.1 Å². The van der Waals surface area contributed by atoms with E-state index >= 15 is 0 Å². The van der Waals surface area contributed by atoms with E-state index < -0.39 is 0 Å². The van der Waals surface area contributed by atoms with Gasteiger partial charge < -0.3 is 10.1 Å². The van der Waals surface area contributed by atoms with E-state index in [9.17, 15) is 0 Å². The maximum atomic E-state index is 5.20. The minimum absolute atomic E-state index is 0.380. The summed E-state index contributed by atoms with van der Waals surface area (Å²) in [6.07, 6.45) is 4.75. The predicted octanol–water partition coefficient (Wildman–Crippen LogP) is 4.43. The van der Waals surface area contributed by atoms with E-state index in [0.717, 1.165) is 18.7 Å². The van der Waals surface area contributed by atoms with E-state index in [4.69, 9.17) is 4.74 Å². The maximum absolute atomic E-state index is 5.20. The number of hydrogen-bond acceptors (Lipinski definition) is 2. The van der Waals surface area contributed by atoms with Crippen LogP contribution in [0.25, 0.3) is 0 Å². The lowest BCUT2D eigenvalue weighted by Gasteiger charge is -2.27. The molecule has 1 unspecified atom stereocenters. The highest BCUT2D eigenvalue weighted by Crippen LogP contribution is 2.23. The minimum atomic E-state index is 0.380.